The highest BCUT2D eigenvalue weighted by atomic mass is 19.3. The van der Waals surface area contributed by atoms with Crippen LogP contribution < -0.4 is 14.8 Å². The zero-order valence-corrected chi connectivity index (χ0v) is 13.9. The topological polar surface area (TPSA) is 67.8 Å². The first kappa shape index (κ1) is 19.0. The van der Waals surface area contributed by atoms with Crippen molar-refractivity contribution in [1.82, 2.24) is 5.32 Å². The fraction of sp³-hybridized carbons (Fsp3) is 0.278. The summed E-state index contributed by atoms with van der Waals surface area (Å²) in [4.78, 5) is 10.4. The highest BCUT2D eigenvalue weighted by Crippen LogP contribution is 2.47. The largest absolute Gasteiger partial charge is 0.586 e. The lowest BCUT2D eigenvalue weighted by Crippen LogP contribution is -2.26. The molecule has 9 heteroatoms. The van der Waals surface area contributed by atoms with Crippen molar-refractivity contribution in [1.29, 1.82) is 0 Å². The van der Waals surface area contributed by atoms with E-state index in [1.54, 1.807) is 0 Å². The van der Waals surface area contributed by atoms with Crippen LogP contribution in [0.5, 0.6) is 11.5 Å². The van der Waals surface area contributed by atoms with Gasteiger partial charge in [-0.2, -0.15) is 0 Å². The second-order valence-electron chi connectivity index (χ2n) is 5.89. The molecule has 0 saturated heterocycles. The highest BCUT2D eigenvalue weighted by Gasteiger charge is 2.44. The fourth-order valence-corrected chi connectivity index (χ4v) is 2.70. The van der Waals surface area contributed by atoms with Crippen LogP contribution in [0.3, 0.4) is 0 Å². The minimum absolute atomic E-state index is 0.0257. The molecule has 144 valence electrons. The summed E-state index contributed by atoms with van der Waals surface area (Å²) >= 11 is 0. The first-order valence-corrected chi connectivity index (χ1v) is 8.06. The van der Waals surface area contributed by atoms with E-state index in [2.05, 4.69) is 14.8 Å². The molecule has 0 amide bonds. The van der Waals surface area contributed by atoms with Gasteiger partial charge in [0.05, 0.1) is 0 Å². The van der Waals surface area contributed by atoms with Gasteiger partial charge in [-0.05, 0) is 36.7 Å². The van der Waals surface area contributed by atoms with Crippen molar-refractivity contribution in [3.8, 4) is 22.6 Å². The van der Waals surface area contributed by atoms with Crippen molar-refractivity contribution in [2.45, 2.75) is 25.7 Å². The maximum absolute atomic E-state index is 14.3. The van der Waals surface area contributed by atoms with Gasteiger partial charge >= 0.3 is 12.3 Å². The van der Waals surface area contributed by atoms with Crippen LogP contribution in [0.15, 0.2) is 30.3 Å². The number of para-hydroxylation sites is 1. The van der Waals surface area contributed by atoms with Crippen LogP contribution in [0.25, 0.3) is 11.1 Å². The van der Waals surface area contributed by atoms with Crippen LogP contribution >= 0.6 is 0 Å². The molecule has 0 unspecified atom stereocenters. The molecular formula is C18H15F4NO4. The zero-order valence-electron chi connectivity index (χ0n) is 13.9. The number of aliphatic carboxylic acids is 1. The molecule has 0 saturated carbocycles. The van der Waals surface area contributed by atoms with E-state index < -0.39 is 23.9 Å². The van der Waals surface area contributed by atoms with Gasteiger partial charge in [0.15, 0.2) is 11.5 Å². The number of nitrogens with one attached hydrogen (secondary N) is 1. The van der Waals surface area contributed by atoms with Crippen molar-refractivity contribution in [2.24, 2.45) is 0 Å². The smallest absolute Gasteiger partial charge is 0.481 e. The number of hydrogen-bond acceptors (Lipinski definition) is 4. The molecule has 0 spiro atoms. The predicted molar refractivity (Wildman–Crippen MR) is 86.6 cm³/mol. The first-order valence-electron chi connectivity index (χ1n) is 8.06. The molecule has 0 aromatic heterocycles. The summed E-state index contributed by atoms with van der Waals surface area (Å²) in [6.45, 7) is 0.140. The Hall–Kier alpha value is -2.81. The van der Waals surface area contributed by atoms with E-state index in [0.717, 1.165) is 12.1 Å². The Bertz CT molecular complexity index is 849. The fourth-order valence-electron chi connectivity index (χ4n) is 2.70. The SMILES string of the molecule is O=C(O)CCCNCc1c(F)cc(-c2cccc3c2OC(F)(F)O3)cc1F. The van der Waals surface area contributed by atoms with Crippen molar-refractivity contribution >= 4 is 5.97 Å². The molecule has 2 N–H and O–H groups in total. The number of halogens is 4. The van der Waals surface area contributed by atoms with Gasteiger partial charge in [0.1, 0.15) is 11.6 Å². The molecule has 27 heavy (non-hydrogen) atoms. The van der Waals surface area contributed by atoms with Crippen molar-refractivity contribution < 1.29 is 36.9 Å². The van der Waals surface area contributed by atoms with Crippen LogP contribution in [0.1, 0.15) is 18.4 Å². The summed E-state index contributed by atoms with van der Waals surface area (Å²) in [5, 5.41) is 11.3. The number of carbonyl (C=O) groups is 1. The van der Waals surface area contributed by atoms with Crippen LogP contribution in [0, 0.1) is 11.6 Å². The van der Waals surface area contributed by atoms with Crippen LogP contribution in [-0.4, -0.2) is 23.9 Å². The van der Waals surface area contributed by atoms with Crippen LogP contribution in [0.2, 0.25) is 0 Å². The molecule has 1 heterocycles. The summed E-state index contributed by atoms with van der Waals surface area (Å²) < 4.78 is 64.0. The van der Waals surface area contributed by atoms with E-state index in [1.165, 1.54) is 18.2 Å². The molecule has 1 aliphatic heterocycles. The monoisotopic (exact) mass is 385 g/mol. The van der Waals surface area contributed by atoms with E-state index in [9.17, 15) is 22.4 Å². The number of benzene rings is 2. The molecule has 0 fully saturated rings. The van der Waals surface area contributed by atoms with E-state index >= 15 is 0 Å². The molecular weight excluding hydrogens is 370 g/mol. The number of fused-ring (bicyclic) bond motifs is 1. The van der Waals surface area contributed by atoms with Gasteiger partial charge in [0, 0.05) is 24.1 Å². The summed E-state index contributed by atoms with van der Waals surface area (Å²) in [7, 11) is 0. The van der Waals surface area contributed by atoms with Crippen LogP contribution in [-0.2, 0) is 11.3 Å². The number of hydrogen-bond donors (Lipinski definition) is 2. The number of alkyl halides is 2. The Morgan fingerprint density at radius 3 is 2.52 bits per heavy atom. The molecule has 5 nitrogen and oxygen atoms in total. The Morgan fingerprint density at radius 2 is 1.85 bits per heavy atom. The standard InChI is InChI=1S/C18H15F4NO4/c19-13-7-10(8-14(20)12(13)9-23-6-2-5-16(24)25)11-3-1-4-15-17(11)27-18(21,22)26-15/h1,3-4,7-8,23H,2,5-6,9H2,(H,24,25). The quantitative estimate of drug-likeness (QED) is 0.559. The molecule has 2 aromatic carbocycles. The lowest BCUT2D eigenvalue weighted by Gasteiger charge is -2.11. The highest BCUT2D eigenvalue weighted by molar-refractivity contribution is 5.75. The third kappa shape index (κ3) is 4.30. The third-order valence-electron chi connectivity index (χ3n) is 3.93. The first-order chi connectivity index (χ1) is 12.8. The lowest BCUT2D eigenvalue weighted by molar-refractivity contribution is -0.286. The Kier molecular flexibility index (Phi) is 5.22. The second kappa shape index (κ2) is 7.43. The molecule has 0 atom stereocenters. The lowest BCUT2D eigenvalue weighted by atomic mass is 10.0. The molecule has 1 aliphatic rings. The maximum atomic E-state index is 14.3. The number of carboxylic acid groups (broad SMARTS) is 1. The Labute approximate surface area is 151 Å². The molecule has 0 radical (unpaired) electrons. The van der Waals surface area contributed by atoms with Crippen molar-refractivity contribution in [3.63, 3.8) is 0 Å². The third-order valence-corrected chi connectivity index (χ3v) is 3.93. The van der Waals surface area contributed by atoms with E-state index in [0.29, 0.717) is 6.42 Å². The van der Waals surface area contributed by atoms with Crippen molar-refractivity contribution in [2.75, 3.05) is 6.54 Å². The minimum Gasteiger partial charge on any atom is -0.481 e. The van der Waals surface area contributed by atoms with Gasteiger partial charge in [-0.15, -0.1) is 8.78 Å². The van der Waals surface area contributed by atoms with Gasteiger partial charge in [0.25, 0.3) is 0 Å². The second-order valence-corrected chi connectivity index (χ2v) is 5.89. The van der Waals surface area contributed by atoms with Crippen LogP contribution in [0.4, 0.5) is 17.6 Å². The summed E-state index contributed by atoms with van der Waals surface area (Å²) in [5.41, 5.74) is -0.134. The normalized spacial score (nSPS) is 14.4. The van der Waals surface area contributed by atoms with Crippen molar-refractivity contribution in [3.05, 3.63) is 47.5 Å². The Morgan fingerprint density at radius 1 is 1.15 bits per heavy atom. The van der Waals surface area contributed by atoms with Gasteiger partial charge in [0.2, 0.25) is 0 Å². The molecule has 3 rings (SSSR count). The average molecular weight is 385 g/mol. The van der Waals surface area contributed by atoms with E-state index in [4.69, 9.17) is 5.11 Å². The summed E-state index contributed by atoms with van der Waals surface area (Å²) in [6.07, 6.45) is -3.57. The van der Waals surface area contributed by atoms with Gasteiger partial charge in [-0.3, -0.25) is 4.79 Å². The average Bonchev–Trinajstić information content (AvgIpc) is 2.89. The summed E-state index contributed by atoms with van der Waals surface area (Å²) in [6, 6.07) is 6.11. The number of carboxylic acids is 1. The van der Waals surface area contributed by atoms with Gasteiger partial charge in [-0.25, -0.2) is 8.78 Å². The van der Waals surface area contributed by atoms with E-state index in [-0.39, 0.29) is 47.7 Å². The summed E-state index contributed by atoms with van der Waals surface area (Å²) in [5.74, 6) is -3.19. The Balaban J connectivity index is 1.78. The van der Waals surface area contributed by atoms with Gasteiger partial charge < -0.3 is 19.9 Å². The molecule has 0 bridgehead atoms. The minimum atomic E-state index is -3.84. The predicted octanol–water partition coefficient (Wildman–Crippen LogP) is 3.91. The molecule has 0 aliphatic carbocycles. The van der Waals surface area contributed by atoms with E-state index in [1.807, 2.05) is 0 Å². The van der Waals surface area contributed by atoms with Gasteiger partial charge in [-0.1, -0.05) is 12.1 Å². The zero-order chi connectivity index (χ0) is 19.6. The number of rotatable bonds is 7. The maximum Gasteiger partial charge on any atom is 0.586 e. The number of ether oxygens (including phenoxy) is 2. The molecule has 2 aromatic rings.